The molecule has 2 heterocycles. The summed E-state index contributed by atoms with van der Waals surface area (Å²) >= 11 is 1.47. The molecule has 4 atom stereocenters. The van der Waals surface area contributed by atoms with Crippen molar-refractivity contribution in [2.75, 3.05) is 19.8 Å². The number of carbonyl (C=O) groups is 2. The lowest BCUT2D eigenvalue weighted by Gasteiger charge is -2.36. The van der Waals surface area contributed by atoms with E-state index in [1.54, 1.807) is 0 Å². The minimum absolute atomic E-state index is 0.0977. The Balaban J connectivity index is 1.38. The van der Waals surface area contributed by atoms with E-state index in [-0.39, 0.29) is 17.7 Å². The molecule has 0 N–H and O–H groups in total. The first-order valence-corrected chi connectivity index (χ1v) is 10.0. The van der Waals surface area contributed by atoms with Gasteiger partial charge in [0, 0.05) is 19.4 Å². The minimum atomic E-state index is -0.0977. The molecule has 3 fully saturated rings. The molecule has 0 aromatic carbocycles. The molecule has 1 aromatic heterocycles. The molecular formula is C19H25NO3S. The first-order valence-electron chi connectivity index (χ1n) is 9.14. The topological polar surface area (TPSA) is 46.6 Å². The van der Waals surface area contributed by atoms with Gasteiger partial charge in [0.15, 0.2) is 5.78 Å². The van der Waals surface area contributed by atoms with Gasteiger partial charge in [-0.05, 0) is 48.5 Å². The first kappa shape index (κ1) is 16.3. The highest BCUT2D eigenvalue weighted by atomic mass is 32.1. The molecule has 2 saturated carbocycles. The molecule has 3 aliphatic rings. The summed E-state index contributed by atoms with van der Waals surface area (Å²) in [6.07, 6.45) is 6.30. The third kappa shape index (κ3) is 3.29. The predicted molar refractivity (Wildman–Crippen MR) is 93.1 cm³/mol. The van der Waals surface area contributed by atoms with Gasteiger partial charge in [0.1, 0.15) is 0 Å². The number of amides is 1. The lowest BCUT2D eigenvalue weighted by Crippen LogP contribution is -2.50. The summed E-state index contributed by atoms with van der Waals surface area (Å²) in [5, 5.41) is 1.92. The van der Waals surface area contributed by atoms with Crippen molar-refractivity contribution in [1.29, 1.82) is 0 Å². The van der Waals surface area contributed by atoms with Crippen molar-refractivity contribution < 1.29 is 14.3 Å². The van der Waals surface area contributed by atoms with Crippen molar-refractivity contribution in [3.05, 3.63) is 22.4 Å². The van der Waals surface area contributed by atoms with Gasteiger partial charge < -0.3 is 9.64 Å². The van der Waals surface area contributed by atoms with E-state index in [4.69, 9.17) is 4.74 Å². The standard InChI is InChI=1S/C19H25NO3S/c21-17(18-2-1-7-24-18)11-16-12-23-6-5-20(16)19(22)10-15-9-13-3-4-14(15)8-13/h1-2,7,13-16H,3-6,8-12H2/t13-,14-,15-,16+/m0/s1. The fourth-order valence-electron chi connectivity index (χ4n) is 4.87. The molecule has 2 bridgehead atoms. The maximum Gasteiger partial charge on any atom is 0.223 e. The highest BCUT2D eigenvalue weighted by molar-refractivity contribution is 7.12. The number of rotatable bonds is 5. The summed E-state index contributed by atoms with van der Waals surface area (Å²) in [7, 11) is 0. The molecule has 1 saturated heterocycles. The number of thiophene rings is 1. The van der Waals surface area contributed by atoms with Crippen LogP contribution in [0.2, 0.25) is 0 Å². The van der Waals surface area contributed by atoms with E-state index in [1.165, 1.54) is 37.0 Å². The van der Waals surface area contributed by atoms with E-state index in [0.717, 1.165) is 16.7 Å². The Kier molecular flexibility index (Phi) is 4.72. The molecule has 0 radical (unpaired) electrons. The maximum absolute atomic E-state index is 12.9. The van der Waals surface area contributed by atoms with E-state index < -0.39 is 0 Å². The lowest BCUT2D eigenvalue weighted by molar-refractivity contribution is -0.141. The van der Waals surface area contributed by atoms with E-state index in [2.05, 4.69) is 0 Å². The average molecular weight is 347 g/mol. The van der Waals surface area contributed by atoms with E-state index in [0.29, 0.717) is 38.5 Å². The minimum Gasteiger partial charge on any atom is -0.377 e. The summed E-state index contributed by atoms with van der Waals surface area (Å²) in [5.74, 6) is 2.57. The largest absolute Gasteiger partial charge is 0.377 e. The fourth-order valence-corrected chi connectivity index (χ4v) is 5.55. The fraction of sp³-hybridized carbons (Fsp3) is 0.684. The van der Waals surface area contributed by atoms with Gasteiger partial charge in [-0.15, -0.1) is 11.3 Å². The summed E-state index contributed by atoms with van der Waals surface area (Å²) in [6.45, 7) is 1.70. The Morgan fingerprint density at radius 1 is 1.25 bits per heavy atom. The Morgan fingerprint density at radius 3 is 2.88 bits per heavy atom. The zero-order valence-corrected chi connectivity index (χ0v) is 14.8. The van der Waals surface area contributed by atoms with Gasteiger partial charge in [-0.1, -0.05) is 12.5 Å². The van der Waals surface area contributed by atoms with Crippen LogP contribution in [0.15, 0.2) is 17.5 Å². The molecule has 2 aliphatic carbocycles. The number of hydrogen-bond donors (Lipinski definition) is 0. The molecule has 0 unspecified atom stereocenters. The zero-order valence-electron chi connectivity index (χ0n) is 14.0. The number of carbonyl (C=O) groups excluding carboxylic acids is 2. The summed E-state index contributed by atoms with van der Waals surface area (Å²) in [5.41, 5.74) is 0. The van der Waals surface area contributed by atoms with Crippen LogP contribution in [0.5, 0.6) is 0 Å². The number of ketones is 1. The zero-order chi connectivity index (χ0) is 16.5. The van der Waals surface area contributed by atoms with Gasteiger partial charge in [-0.2, -0.15) is 0 Å². The third-order valence-corrected chi connectivity index (χ3v) is 7.00. The molecule has 0 spiro atoms. The van der Waals surface area contributed by atoms with Crippen LogP contribution in [0.25, 0.3) is 0 Å². The number of nitrogens with zero attached hydrogens (tertiary/aromatic N) is 1. The summed E-state index contributed by atoms with van der Waals surface area (Å²) in [6, 6.07) is 3.66. The number of fused-ring (bicyclic) bond motifs is 2. The van der Waals surface area contributed by atoms with Crippen molar-refractivity contribution >= 4 is 23.0 Å². The van der Waals surface area contributed by atoms with E-state index in [1.807, 2.05) is 22.4 Å². The van der Waals surface area contributed by atoms with Crippen LogP contribution in [0.3, 0.4) is 0 Å². The van der Waals surface area contributed by atoms with Crippen LogP contribution in [0.4, 0.5) is 0 Å². The first-order chi connectivity index (χ1) is 11.7. The van der Waals surface area contributed by atoms with Crippen LogP contribution in [0.1, 0.15) is 48.2 Å². The highest BCUT2D eigenvalue weighted by Crippen LogP contribution is 2.49. The number of Topliss-reactive ketones (excluding diaryl/α,β-unsaturated/α-hetero) is 1. The van der Waals surface area contributed by atoms with Gasteiger partial charge in [-0.3, -0.25) is 9.59 Å². The number of hydrogen-bond acceptors (Lipinski definition) is 4. The second kappa shape index (κ2) is 6.96. The van der Waals surface area contributed by atoms with Gasteiger partial charge in [0.25, 0.3) is 0 Å². The molecule has 4 rings (SSSR count). The molecule has 5 heteroatoms. The second-order valence-corrected chi connectivity index (χ2v) is 8.51. The highest BCUT2D eigenvalue weighted by Gasteiger charge is 2.41. The summed E-state index contributed by atoms with van der Waals surface area (Å²) in [4.78, 5) is 28.0. The molecule has 1 aliphatic heterocycles. The number of ether oxygens (including phenoxy) is 1. The van der Waals surface area contributed by atoms with Crippen molar-refractivity contribution in [2.45, 2.75) is 44.6 Å². The van der Waals surface area contributed by atoms with Crippen LogP contribution in [-0.2, 0) is 9.53 Å². The van der Waals surface area contributed by atoms with E-state index in [9.17, 15) is 9.59 Å². The van der Waals surface area contributed by atoms with Crippen molar-refractivity contribution in [2.24, 2.45) is 17.8 Å². The Hall–Kier alpha value is -1.20. The van der Waals surface area contributed by atoms with Gasteiger partial charge in [0.05, 0.1) is 24.1 Å². The van der Waals surface area contributed by atoms with Gasteiger partial charge in [-0.25, -0.2) is 0 Å². The monoisotopic (exact) mass is 347 g/mol. The molecule has 130 valence electrons. The molecule has 4 nitrogen and oxygen atoms in total. The summed E-state index contributed by atoms with van der Waals surface area (Å²) < 4.78 is 5.56. The van der Waals surface area contributed by atoms with Crippen molar-refractivity contribution in [3.8, 4) is 0 Å². The van der Waals surface area contributed by atoms with Gasteiger partial charge >= 0.3 is 0 Å². The van der Waals surface area contributed by atoms with Crippen LogP contribution >= 0.6 is 11.3 Å². The quantitative estimate of drug-likeness (QED) is 0.767. The van der Waals surface area contributed by atoms with Crippen molar-refractivity contribution in [3.63, 3.8) is 0 Å². The van der Waals surface area contributed by atoms with Crippen LogP contribution in [0, 0.1) is 17.8 Å². The normalized spacial score (nSPS) is 32.2. The maximum atomic E-state index is 12.9. The molecular weight excluding hydrogens is 322 g/mol. The molecule has 1 aromatic rings. The molecule has 24 heavy (non-hydrogen) atoms. The second-order valence-electron chi connectivity index (χ2n) is 7.56. The third-order valence-electron chi connectivity index (χ3n) is 6.09. The Labute approximate surface area is 147 Å². The van der Waals surface area contributed by atoms with Crippen LogP contribution in [-0.4, -0.2) is 42.4 Å². The molecule has 1 amide bonds. The lowest BCUT2D eigenvalue weighted by atomic mass is 9.86. The van der Waals surface area contributed by atoms with Crippen LogP contribution < -0.4 is 0 Å². The number of morpholine rings is 1. The Bertz CT molecular complexity index is 600. The average Bonchev–Trinajstić information content (AvgIpc) is 3.33. The van der Waals surface area contributed by atoms with Gasteiger partial charge in [0.2, 0.25) is 5.91 Å². The van der Waals surface area contributed by atoms with Crippen molar-refractivity contribution in [1.82, 2.24) is 4.90 Å². The predicted octanol–water partition coefficient (Wildman–Crippen LogP) is 3.37. The Morgan fingerprint density at radius 2 is 2.17 bits per heavy atom. The SMILES string of the molecule is O=C(C[C@@H]1COCCN1C(=O)C[C@@H]1C[C@H]2CC[C@H]1C2)c1cccs1. The van der Waals surface area contributed by atoms with E-state index >= 15 is 0 Å². The smallest absolute Gasteiger partial charge is 0.223 e.